The molecule has 1 amide bonds. The molecule has 0 aromatic carbocycles. The van der Waals surface area contributed by atoms with Crippen LogP contribution >= 0.6 is 0 Å². The Morgan fingerprint density at radius 2 is 2.05 bits per heavy atom. The van der Waals surface area contributed by atoms with Gasteiger partial charge in [-0.05, 0) is 26.2 Å². The van der Waals surface area contributed by atoms with Crippen molar-refractivity contribution in [1.29, 1.82) is 0 Å². The van der Waals surface area contributed by atoms with Crippen LogP contribution < -0.4 is 4.72 Å². The summed E-state index contributed by atoms with van der Waals surface area (Å²) >= 11 is 0. The minimum Gasteiger partial charge on any atom is -0.480 e. The first kappa shape index (κ1) is 16.9. The van der Waals surface area contributed by atoms with Crippen LogP contribution in [0.25, 0.3) is 0 Å². The van der Waals surface area contributed by atoms with Gasteiger partial charge in [-0.1, -0.05) is 0 Å². The molecule has 0 aliphatic carbocycles. The lowest BCUT2D eigenvalue weighted by atomic mass is 10.1. The number of hydrogen-bond donors (Lipinski definition) is 2. The number of likely N-dealkylation sites (N-methyl/N-ethyl adjacent to an activating group) is 1. The Morgan fingerprint density at radius 3 is 2.60 bits per heavy atom. The number of amides is 1. The number of nitrogens with zero attached hydrogens (tertiary/aromatic N) is 2. The summed E-state index contributed by atoms with van der Waals surface area (Å²) in [5.74, 6) is -1.52. The van der Waals surface area contributed by atoms with Gasteiger partial charge >= 0.3 is 5.97 Å². The second-order valence-electron chi connectivity index (χ2n) is 4.69. The standard InChI is InChI=1S/C11H21N3O5S/c1-3-13(2)10(15)8-12-20(18,19)14-7-5-4-6-9(14)11(16)17/h9,12H,3-8H2,1-2H3,(H,16,17). The van der Waals surface area contributed by atoms with E-state index in [9.17, 15) is 18.0 Å². The maximum atomic E-state index is 12.1. The van der Waals surface area contributed by atoms with Crippen LogP contribution in [0.4, 0.5) is 0 Å². The quantitative estimate of drug-likeness (QED) is 0.670. The van der Waals surface area contributed by atoms with Crippen LogP contribution in [0.1, 0.15) is 26.2 Å². The van der Waals surface area contributed by atoms with Gasteiger partial charge < -0.3 is 10.0 Å². The molecule has 1 rings (SSSR count). The van der Waals surface area contributed by atoms with E-state index in [1.807, 2.05) is 0 Å². The summed E-state index contributed by atoms with van der Waals surface area (Å²) in [6, 6.07) is -1.06. The van der Waals surface area contributed by atoms with Crippen molar-refractivity contribution in [2.45, 2.75) is 32.2 Å². The van der Waals surface area contributed by atoms with E-state index >= 15 is 0 Å². The number of carbonyl (C=O) groups is 2. The number of carbonyl (C=O) groups excluding carboxylic acids is 1. The highest BCUT2D eigenvalue weighted by molar-refractivity contribution is 7.87. The van der Waals surface area contributed by atoms with E-state index in [4.69, 9.17) is 5.11 Å². The van der Waals surface area contributed by atoms with Gasteiger partial charge in [0.25, 0.3) is 10.2 Å². The SMILES string of the molecule is CCN(C)C(=O)CNS(=O)(=O)N1CCCCC1C(=O)O. The summed E-state index contributed by atoms with van der Waals surface area (Å²) < 4.78 is 27.3. The zero-order valence-corrected chi connectivity index (χ0v) is 12.5. The second kappa shape index (κ2) is 7.00. The van der Waals surface area contributed by atoms with Gasteiger partial charge in [0.15, 0.2) is 0 Å². The lowest BCUT2D eigenvalue weighted by molar-refractivity contribution is -0.142. The molecule has 116 valence electrons. The van der Waals surface area contributed by atoms with Gasteiger partial charge in [0.2, 0.25) is 5.91 Å². The van der Waals surface area contributed by atoms with Gasteiger partial charge in [0.05, 0.1) is 6.54 Å². The van der Waals surface area contributed by atoms with E-state index < -0.39 is 22.2 Å². The van der Waals surface area contributed by atoms with E-state index in [2.05, 4.69) is 4.72 Å². The smallest absolute Gasteiger partial charge is 0.322 e. The minimum absolute atomic E-state index is 0.157. The molecule has 0 bridgehead atoms. The van der Waals surface area contributed by atoms with E-state index in [1.165, 1.54) is 4.90 Å². The first-order valence-corrected chi connectivity index (χ1v) is 7.96. The molecular formula is C11H21N3O5S. The number of carboxylic acid groups (broad SMARTS) is 1. The molecule has 2 N–H and O–H groups in total. The fourth-order valence-corrected chi connectivity index (χ4v) is 3.36. The highest BCUT2D eigenvalue weighted by Crippen LogP contribution is 2.19. The zero-order valence-electron chi connectivity index (χ0n) is 11.7. The predicted octanol–water partition coefficient (Wildman–Crippen LogP) is -0.762. The van der Waals surface area contributed by atoms with Crippen molar-refractivity contribution in [2.75, 3.05) is 26.7 Å². The van der Waals surface area contributed by atoms with E-state index in [-0.39, 0.29) is 19.0 Å². The molecule has 1 fully saturated rings. The Hall–Kier alpha value is -1.19. The first-order chi connectivity index (χ1) is 9.29. The summed E-state index contributed by atoms with van der Waals surface area (Å²) in [5, 5.41) is 9.07. The number of carboxylic acids is 1. The third kappa shape index (κ3) is 4.15. The van der Waals surface area contributed by atoms with Crippen LogP contribution in [0.5, 0.6) is 0 Å². The number of rotatable bonds is 6. The Balaban J connectivity index is 2.71. The Kier molecular flexibility index (Phi) is 5.90. The van der Waals surface area contributed by atoms with Gasteiger partial charge in [-0.3, -0.25) is 9.59 Å². The molecule has 1 saturated heterocycles. The molecule has 0 saturated carbocycles. The Morgan fingerprint density at radius 1 is 1.40 bits per heavy atom. The van der Waals surface area contributed by atoms with E-state index in [0.29, 0.717) is 25.8 Å². The van der Waals surface area contributed by atoms with Gasteiger partial charge in [-0.25, -0.2) is 0 Å². The summed E-state index contributed by atoms with van der Waals surface area (Å²) in [4.78, 5) is 24.1. The topological polar surface area (TPSA) is 107 Å². The van der Waals surface area contributed by atoms with Gasteiger partial charge in [0, 0.05) is 20.1 Å². The molecule has 1 aliphatic rings. The van der Waals surface area contributed by atoms with Gasteiger partial charge in [0.1, 0.15) is 6.04 Å². The maximum Gasteiger partial charge on any atom is 0.322 e. The molecule has 1 aliphatic heterocycles. The summed E-state index contributed by atoms with van der Waals surface area (Å²) in [6.07, 6.45) is 1.59. The highest BCUT2D eigenvalue weighted by Gasteiger charge is 2.36. The van der Waals surface area contributed by atoms with Crippen LogP contribution in [0, 0.1) is 0 Å². The number of piperidine rings is 1. The van der Waals surface area contributed by atoms with Crippen LogP contribution in [0.2, 0.25) is 0 Å². The number of nitrogens with one attached hydrogen (secondary N) is 1. The molecule has 20 heavy (non-hydrogen) atoms. The number of hydrogen-bond acceptors (Lipinski definition) is 4. The summed E-state index contributed by atoms with van der Waals surface area (Å²) in [6.45, 7) is 2.04. The zero-order chi connectivity index (χ0) is 15.3. The third-order valence-electron chi connectivity index (χ3n) is 3.35. The van der Waals surface area contributed by atoms with Crippen molar-refractivity contribution in [3.05, 3.63) is 0 Å². The monoisotopic (exact) mass is 307 g/mol. The number of aliphatic carboxylic acids is 1. The highest BCUT2D eigenvalue weighted by atomic mass is 32.2. The fourth-order valence-electron chi connectivity index (χ4n) is 1.99. The largest absolute Gasteiger partial charge is 0.480 e. The molecule has 1 atom stereocenters. The third-order valence-corrected chi connectivity index (χ3v) is 4.92. The van der Waals surface area contributed by atoms with Crippen molar-refractivity contribution < 1.29 is 23.1 Å². The average molecular weight is 307 g/mol. The Labute approximate surface area is 118 Å². The summed E-state index contributed by atoms with van der Waals surface area (Å²) in [7, 11) is -2.39. The molecule has 0 spiro atoms. The van der Waals surface area contributed by atoms with Crippen molar-refractivity contribution in [1.82, 2.24) is 13.9 Å². The first-order valence-electron chi connectivity index (χ1n) is 6.52. The maximum absolute atomic E-state index is 12.1. The molecule has 0 aromatic heterocycles. The average Bonchev–Trinajstić information content (AvgIpc) is 2.43. The molecule has 0 radical (unpaired) electrons. The second-order valence-corrected chi connectivity index (χ2v) is 6.40. The molecule has 8 nitrogen and oxygen atoms in total. The molecule has 1 heterocycles. The van der Waals surface area contributed by atoms with Crippen molar-refractivity contribution in [3.8, 4) is 0 Å². The predicted molar refractivity (Wildman–Crippen MR) is 72.2 cm³/mol. The molecule has 0 aromatic rings. The van der Waals surface area contributed by atoms with Crippen LogP contribution in [0.15, 0.2) is 0 Å². The lowest BCUT2D eigenvalue weighted by Gasteiger charge is -2.31. The van der Waals surface area contributed by atoms with Crippen molar-refractivity contribution >= 4 is 22.1 Å². The van der Waals surface area contributed by atoms with Crippen LogP contribution in [-0.2, 0) is 19.8 Å². The molecular weight excluding hydrogens is 286 g/mol. The van der Waals surface area contributed by atoms with Gasteiger partial charge in [-0.15, -0.1) is 0 Å². The van der Waals surface area contributed by atoms with E-state index in [1.54, 1.807) is 14.0 Å². The van der Waals surface area contributed by atoms with Crippen LogP contribution in [-0.4, -0.2) is 67.3 Å². The molecule has 9 heteroatoms. The lowest BCUT2D eigenvalue weighted by Crippen LogP contribution is -2.53. The molecule has 1 unspecified atom stereocenters. The van der Waals surface area contributed by atoms with Crippen molar-refractivity contribution in [2.24, 2.45) is 0 Å². The van der Waals surface area contributed by atoms with Crippen molar-refractivity contribution in [3.63, 3.8) is 0 Å². The van der Waals surface area contributed by atoms with Gasteiger partial charge in [-0.2, -0.15) is 17.4 Å². The normalized spacial score (nSPS) is 20.6. The fraction of sp³-hybridized carbons (Fsp3) is 0.818. The summed E-state index contributed by atoms with van der Waals surface area (Å²) in [5.41, 5.74) is 0. The van der Waals surface area contributed by atoms with E-state index in [0.717, 1.165) is 4.31 Å². The Bertz CT molecular complexity index is 465. The minimum atomic E-state index is -3.96. The van der Waals surface area contributed by atoms with Crippen LogP contribution in [0.3, 0.4) is 0 Å².